The lowest BCUT2D eigenvalue weighted by Crippen LogP contribution is -2.54. The molecule has 0 unspecified atom stereocenters. The van der Waals surface area contributed by atoms with Crippen LogP contribution in [0.25, 0.3) is 11.1 Å². The Hall–Kier alpha value is -3.94. The summed E-state index contributed by atoms with van der Waals surface area (Å²) in [5.74, 6) is -0.551. The van der Waals surface area contributed by atoms with E-state index in [4.69, 9.17) is 0 Å². The molecular weight excluding hydrogens is 418 g/mol. The van der Waals surface area contributed by atoms with E-state index in [1.54, 1.807) is 11.0 Å². The van der Waals surface area contributed by atoms with E-state index in [1.807, 2.05) is 30.3 Å². The second-order valence-electron chi connectivity index (χ2n) is 8.38. The number of aromatic nitrogens is 3. The summed E-state index contributed by atoms with van der Waals surface area (Å²) in [5.41, 5.74) is 1.93. The minimum Gasteiger partial charge on any atom is -0.352 e. The molecular formula is C25H27N5O3. The number of aromatic amines is 2. The van der Waals surface area contributed by atoms with Crippen LogP contribution in [0.1, 0.15) is 29.0 Å². The van der Waals surface area contributed by atoms with Gasteiger partial charge in [0, 0.05) is 19.6 Å². The third-order valence-corrected chi connectivity index (χ3v) is 6.06. The molecule has 4 rings (SSSR count). The minimum absolute atomic E-state index is 0.0467. The summed E-state index contributed by atoms with van der Waals surface area (Å²) in [6, 6.07) is 18.3. The Morgan fingerprint density at radius 1 is 1.12 bits per heavy atom. The molecule has 0 aliphatic carbocycles. The molecule has 0 spiro atoms. The standard InChI is InChI=1S/C25H27N5O3/c1-2-14-26-23(32)25(13-6-15-30(17-25)22(31)21-27-24(33)29-28-21)16-18-9-11-20(12-10-18)19-7-4-3-5-8-19/h2-5,7-12H,1,6,13-17H2,(H,26,32)(H2,27,28,29,33)/t25-/m0/s1. The van der Waals surface area contributed by atoms with Crippen LogP contribution in [0.5, 0.6) is 0 Å². The number of nitrogens with one attached hydrogen (secondary N) is 3. The molecule has 3 aromatic rings. The molecule has 8 heteroatoms. The maximum absolute atomic E-state index is 13.3. The molecule has 1 fully saturated rings. The molecule has 0 radical (unpaired) electrons. The van der Waals surface area contributed by atoms with Gasteiger partial charge in [0.15, 0.2) is 0 Å². The summed E-state index contributed by atoms with van der Waals surface area (Å²) in [4.78, 5) is 41.6. The molecule has 1 aromatic heterocycles. The number of likely N-dealkylation sites (tertiary alicyclic amines) is 1. The molecule has 1 aliphatic heterocycles. The molecule has 33 heavy (non-hydrogen) atoms. The van der Waals surface area contributed by atoms with Crippen LogP contribution in [-0.2, 0) is 11.2 Å². The van der Waals surface area contributed by atoms with E-state index in [1.165, 1.54) is 0 Å². The summed E-state index contributed by atoms with van der Waals surface area (Å²) < 4.78 is 0. The lowest BCUT2D eigenvalue weighted by Gasteiger charge is -2.41. The number of piperidine rings is 1. The van der Waals surface area contributed by atoms with Crippen LogP contribution in [0.4, 0.5) is 0 Å². The second-order valence-corrected chi connectivity index (χ2v) is 8.38. The molecule has 0 saturated carbocycles. The lowest BCUT2D eigenvalue weighted by atomic mass is 9.74. The lowest BCUT2D eigenvalue weighted by molar-refractivity contribution is -0.133. The van der Waals surface area contributed by atoms with E-state index in [-0.39, 0.29) is 18.3 Å². The normalized spacial score (nSPS) is 18.0. The summed E-state index contributed by atoms with van der Waals surface area (Å²) >= 11 is 0. The van der Waals surface area contributed by atoms with Gasteiger partial charge in [0.1, 0.15) is 0 Å². The SMILES string of the molecule is C=CCNC(=O)[C@]1(Cc2ccc(-c3ccccc3)cc2)CCCN(C(=O)c2n[nH]c(=O)[nH]2)C1. The van der Waals surface area contributed by atoms with Crippen molar-refractivity contribution >= 4 is 11.8 Å². The van der Waals surface area contributed by atoms with Crippen molar-refractivity contribution in [1.82, 2.24) is 25.4 Å². The second kappa shape index (κ2) is 9.68. The zero-order chi connectivity index (χ0) is 23.3. The fraction of sp³-hybridized carbons (Fsp3) is 0.280. The summed E-state index contributed by atoms with van der Waals surface area (Å²) in [5, 5.41) is 8.91. The Balaban J connectivity index is 1.59. The van der Waals surface area contributed by atoms with Crippen LogP contribution in [0.15, 0.2) is 72.0 Å². The fourth-order valence-corrected chi connectivity index (χ4v) is 4.42. The van der Waals surface area contributed by atoms with Crippen molar-refractivity contribution in [3.05, 3.63) is 89.1 Å². The molecule has 2 amide bonds. The van der Waals surface area contributed by atoms with Gasteiger partial charge in [0.2, 0.25) is 11.7 Å². The average molecular weight is 446 g/mol. The van der Waals surface area contributed by atoms with Crippen molar-refractivity contribution in [2.45, 2.75) is 19.3 Å². The van der Waals surface area contributed by atoms with Gasteiger partial charge in [0.05, 0.1) is 5.41 Å². The van der Waals surface area contributed by atoms with E-state index in [2.05, 4.69) is 51.3 Å². The Labute approximate surface area is 191 Å². The predicted octanol–water partition coefficient (Wildman–Crippen LogP) is 2.53. The molecule has 2 heterocycles. The van der Waals surface area contributed by atoms with Crippen LogP contribution < -0.4 is 11.0 Å². The van der Waals surface area contributed by atoms with Gasteiger partial charge in [0.25, 0.3) is 5.91 Å². The van der Waals surface area contributed by atoms with Crippen LogP contribution in [0, 0.1) is 5.41 Å². The number of hydrogen-bond acceptors (Lipinski definition) is 4. The van der Waals surface area contributed by atoms with Crippen molar-refractivity contribution in [2.75, 3.05) is 19.6 Å². The highest BCUT2D eigenvalue weighted by molar-refractivity contribution is 5.91. The van der Waals surface area contributed by atoms with E-state index < -0.39 is 17.0 Å². The first-order valence-electron chi connectivity index (χ1n) is 11.0. The highest BCUT2D eigenvalue weighted by Crippen LogP contribution is 2.35. The molecule has 170 valence electrons. The number of benzene rings is 2. The Morgan fingerprint density at radius 3 is 2.52 bits per heavy atom. The van der Waals surface area contributed by atoms with Gasteiger partial charge in [-0.25, -0.2) is 9.89 Å². The van der Waals surface area contributed by atoms with Crippen molar-refractivity contribution in [1.29, 1.82) is 0 Å². The maximum Gasteiger partial charge on any atom is 0.341 e. The number of hydrogen-bond donors (Lipinski definition) is 3. The van der Waals surface area contributed by atoms with E-state index in [0.29, 0.717) is 32.4 Å². The fourth-order valence-electron chi connectivity index (χ4n) is 4.42. The highest BCUT2D eigenvalue weighted by atomic mass is 16.2. The van der Waals surface area contributed by atoms with Gasteiger partial charge in [-0.2, -0.15) is 0 Å². The third kappa shape index (κ3) is 4.95. The Bertz CT molecular complexity index is 1180. The predicted molar refractivity (Wildman–Crippen MR) is 126 cm³/mol. The zero-order valence-corrected chi connectivity index (χ0v) is 18.3. The molecule has 1 atom stereocenters. The number of amides is 2. The molecule has 0 bridgehead atoms. The number of nitrogens with zero attached hydrogens (tertiary/aromatic N) is 2. The summed E-state index contributed by atoms with van der Waals surface area (Å²) in [7, 11) is 0. The molecule has 1 saturated heterocycles. The average Bonchev–Trinajstić information content (AvgIpc) is 3.29. The van der Waals surface area contributed by atoms with E-state index >= 15 is 0 Å². The van der Waals surface area contributed by atoms with Crippen molar-refractivity contribution in [2.24, 2.45) is 5.41 Å². The first-order valence-corrected chi connectivity index (χ1v) is 11.0. The monoisotopic (exact) mass is 445 g/mol. The largest absolute Gasteiger partial charge is 0.352 e. The smallest absolute Gasteiger partial charge is 0.341 e. The van der Waals surface area contributed by atoms with Gasteiger partial charge in [-0.1, -0.05) is 60.7 Å². The van der Waals surface area contributed by atoms with Crippen LogP contribution >= 0.6 is 0 Å². The van der Waals surface area contributed by atoms with Crippen molar-refractivity contribution < 1.29 is 9.59 Å². The minimum atomic E-state index is -0.790. The third-order valence-electron chi connectivity index (χ3n) is 6.06. The summed E-state index contributed by atoms with van der Waals surface area (Å²) in [6.07, 6.45) is 3.45. The number of rotatable bonds is 7. The van der Waals surface area contributed by atoms with Crippen molar-refractivity contribution in [3.8, 4) is 11.1 Å². The van der Waals surface area contributed by atoms with Gasteiger partial charge in [-0.15, -0.1) is 11.7 Å². The first-order chi connectivity index (χ1) is 16.0. The van der Waals surface area contributed by atoms with Crippen molar-refractivity contribution in [3.63, 3.8) is 0 Å². The van der Waals surface area contributed by atoms with Gasteiger partial charge in [-0.3, -0.25) is 14.6 Å². The molecule has 2 aromatic carbocycles. The van der Waals surface area contributed by atoms with Crippen LogP contribution in [0.2, 0.25) is 0 Å². The van der Waals surface area contributed by atoms with Gasteiger partial charge in [-0.05, 0) is 36.0 Å². The molecule has 8 nitrogen and oxygen atoms in total. The maximum atomic E-state index is 13.3. The first kappa shape index (κ1) is 22.3. The zero-order valence-electron chi connectivity index (χ0n) is 18.3. The number of H-pyrrole nitrogens is 2. The van der Waals surface area contributed by atoms with Gasteiger partial charge < -0.3 is 10.2 Å². The van der Waals surface area contributed by atoms with Crippen LogP contribution in [0.3, 0.4) is 0 Å². The Morgan fingerprint density at radius 2 is 1.85 bits per heavy atom. The van der Waals surface area contributed by atoms with E-state index in [9.17, 15) is 14.4 Å². The number of carbonyl (C=O) groups is 2. The van der Waals surface area contributed by atoms with Gasteiger partial charge >= 0.3 is 5.69 Å². The summed E-state index contributed by atoms with van der Waals surface area (Å²) in [6.45, 7) is 4.78. The molecule has 3 N–H and O–H groups in total. The van der Waals surface area contributed by atoms with E-state index in [0.717, 1.165) is 16.7 Å². The highest BCUT2D eigenvalue weighted by Gasteiger charge is 2.43. The molecule has 1 aliphatic rings. The topological polar surface area (TPSA) is 111 Å². The van der Waals surface area contributed by atoms with Crippen LogP contribution in [-0.4, -0.2) is 51.5 Å². The Kier molecular flexibility index (Phi) is 6.53. The quantitative estimate of drug-likeness (QED) is 0.485. The number of carbonyl (C=O) groups excluding carboxylic acids is 2.